The molecule has 0 spiro atoms. The summed E-state index contributed by atoms with van der Waals surface area (Å²) in [6.45, 7) is 14.9. The standard InChI is InChI=1S/C35H52O6Si.C7H8O3S/c1-7-8-18-29-30(22-21-28(39-33-19-12-14-23-36-33)26-38-27-16-10-9-11-17-27)31(40-34-20-13-15-24-37-34)25-32(29)41-42(5,6)35(2,3)4;1-6-4-2-3-5-7(6)11(8,9)10/h1,9-11,16-17,28-34H,8,12-15,18-20,23-26H2,2-6H3;2-5H,1H3,(H,8,9,10)/t28-,29+,30+,31+,32-,33?,34?;/m0./s1. The van der Waals surface area contributed by atoms with Crippen LogP contribution in [-0.4, -0.2) is 72.0 Å². The first-order valence-corrected chi connectivity index (χ1v) is 23.4. The zero-order chi connectivity index (χ0) is 38.5. The van der Waals surface area contributed by atoms with E-state index < -0.39 is 24.5 Å². The van der Waals surface area contributed by atoms with E-state index in [1.165, 1.54) is 6.07 Å². The fraction of sp³-hybridized carbons (Fsp3) is 0.619. The summed E-state index contributed by atoms with van der Waals surface area (Å²) < 4.78 is 68.0. The number of rotatable bonds is 12. The third-order valence-electron chi connectivity index (χ3n) is 10.5. The van der Waals surface area contributed by atoms with Gasteiger partial charge in [0.1, 0.15) is 12.4 Å². The van der Waals surface area contributed by atoms with Crippen LogP contribution in [0.4, 0.5) is 0 Å². The third-order valence-corrected chi connectivity index (χ3v) is 16.0. The normalized spacial score (nSPS) is 25.5. The smallest absolute Gasteiger partial charge is 0.294 e. The Kier molecular flexibility index (Phi) is 16.5. The highest BCUT2D eigenvalue weighted by molar-refractivity contribution is 7.85. The minimum absolute atomic E-state index is 0.0278. The molecule has 0 aromatic heterocycles. The topological polar surface area (TPSA) is 110 Å². The Balaban J connectivity index is 0.000000488. The monoisotopic (exact) mass is 768 g/mol. The SMILES string of the molecule is C#CCC[C@@H]1[C@@H](C#C[C@@H](COc2ccccc2)OC2CCCCO2)[C@H](OC2CCCCO2)C[C@@H]1O[Si](C)(C)C(C)(C)C.Cc1ccccc1S(=O)(=O)O. The van der Waals surface area contributed by atoms with Gasteiger partial charge in [-0.15, -0.1) is 12.3 Å². The molecule has 2 unspecified atom stereocenters. The number of hydrogen-bond acceptors (Lipinski definition) is 8. The Bertz CT molecular complexity index is 1610. The quantitative estimate of drug-likeness (QED) is 0.129. The van der Waals surface area contributed by atoms with Crippen molar-refractivity contribution in [3.8, 4) is 29.9 Å². The summed E-state index contributed by atoms with van der Waals surface area (Å²) in [5.41, 5.74) is 0.551. The molecule has 1 aliphatic carbocycles. The van der Waals surface area contributed by atoms with Gasteiger partial charge >= 0.3 is 0 Å². The number of para-hydroxylation sites is 1. The molecule has 53 heavy (non-hydrogen) atoms. The van der Waals surface area contributed by atoms with E-state index in [0.717, 1.165) is 63.7 Å². The minimum Gasteiger partial charge on any atom is -0.490 e. The summed E-state index contributed by atoms with van der Waals surface area (Å²) >= 11 is 0. The van der Waals surface area contributed by atoms with Crippen molar-refractivity contribution in [1.82, 2.24) is 0 Å². The first-order chi connectivity index (χ1) is 25.2. The molecule has 2 aromatic carbocycles. The van der Waals surface area contributed by atoms with Gasteiger partial charge in [0.2, 0.25) is 0 Å². The summed E-state index contributed by atoms with van der Waals surface area (Å²) in [7, 11) is -6.07. The van der Waals surface area contributed by atoms with Crippen molar-refractivity contribution in [3.05, 3.63) is 60.2 Å². The van der Waals surface area contributed by atoms with Gasteiger partial charge in [-0.3, -0.25) is 4.55 Å². The number of aryl methyl sites for hydroxylation is 1. The Morgan fingerprint density at radius 2 is 1.58 bits per heavy atom. The van der Waals surface area contributed by atoms with E-state index in [2.05, 4.69) is 51.6 Å². The molecule has 0 radical (unpaired) electrons. The summed E-state index contributed by atoms with van der Waals surface area (Å²) in [6, 6.07) is 16.1. The molecular weight excluding hydrogens is 709 g/mol. The predicted octanol–water partition coefficient (Wildman–Crippen LogP) is 8.57. The van der Waals surface area contributed by atoms with Gasteiger partial charge in [-0.05, 0) is 93.8 Å². The fourth-order valence-corrected chi connectivity index (χ4v) is 8.66. The molecule has 1 saturated carbocycles. The van der Waals surface area contributed by atoms with Gasteiger partial charge in [-0.1, -0.05) is 69.0 Å². The van der Waals surface area contributed by atoms with Gasteiger partial charge in [0.25, 0.3) is 10.1 Å². The zero-order valence-electron chi connectivity index (χ0n) is 32.4. The lowest BCUT2D eigenvalue weighted by Crippen LogP contribution is -2.45. The Morgan fingerprint density at radius 3 is 2.15 bits per heavy atom. The second kappa shape index (κ2) is 20.3. The van der Waals surface area contributed by atoms with E-state index in [9.17, 15) is 8.42 Å². The van der Waals surface area contributed by atoms with E-state index in [1.54, 1.807) is 25.1 Å². The van der Waals surface area contributed by atoms with Crippen molar-refractivity contribution >= 4 is 18.4 Å². The molecule has 3 fully saturated rings. The zero-order valence-corrected chi connectivity index (χ0v) is 34.2. The Labute approximate surface area is 319 Å². The number of hydrogen-bond donors (Lipinski definition) is 1. The molecule has 2 aromatic rings. The molecule has 292 valence electrons. The largest absolute Gasteiger partial charge is 0.490 e. The van der Waals surface area contributed by atoms with Crippen molar-refractivity contribution in [2.75, 3.05) is 19.8 Å². The highest BCUT2D eigenvalue weighted by Crippen LogP contribution is 2.45. The maximum Gasteiger partial charge on any atom is 0.294 e. The summed E-state index contributed by atoms with van der Waals surface area (Å²) in [6.07, 6.45) is 13.3. The second-order valence-corrected chi connectivity index (χ2v) is 21.8. The second-order valence-electron chi connectivity index (χ2n) is 15.6. The number of ether oxygens (including phenoxy) is 5. The summed E-state index contributed by atoms with van der Waals surface area (Å²) in [5.74, 6) is 10.9. The molecular formula is C42H60O9SSi. The van der Waals surface area contributed by atoms with Crippen molar-refractivity contribution in [3.63, 3.8) is 0 Å². The Morgan fingerprint density at radius 1 is 0.943 bits per heavy atom. The molecule has 7 atom stereocenters. The van der Waals surface area contributed by atoms with Crippen molar-refractivity contribution in [1.29, 1.82) is 0 Å². The number of benzene rings is 2. The molecule has 9 nitrogen and oxygen atoms in total. The fourth-order valence-electron chi connectivity index (χ4n) is 6.56. The molecule has 0 amide bonds. The molecule has 5 rings (SSSR count). The first-order valence-electron chi connectivity index (χ1n) is 19.1. The maximum atomic E-state index is 10.6. The van der Waals surface area contributed by atoms with Crippen LogP contribution in [0.2, 0.25) is 18.1 Å². The summed E-state index contributed by atoms with van der Waals surface area (Å²) in [5, 5.41) is 0.101. The van der Waals surface area contributed by atoms with E-state index in [4.69, 9.17) is 39.1 Å². The lowest BCUT2D eigenvalue weighted by atomic mass is 9.89. The van der Waals surface area contributed by atoms with Crippen LogP contribution in [-0.2, 0) is 33.5 Å². The Hall–Kier alpha value is -2.71. The molecule has 2 saturated heterocycles. The highest BCUT2D eigenvalue weighted by atomic mass is 32.2. The lowest BCUT2D eigenvalue weighted by molar-refractivity contribution is -0.192. The van der Waals surface area contributed by atoms with Gasteiger partial charge in [-0.25, -0.2) is 0 Å². The first kappa shape index (κ1) is 43.0. The molecule has 11 heteroatoms. The average molecular weight is 769 g/mol. The van der Waals surface area contributed by atoms with E-state index in [-0.39, 0.29) is 46.6 Å². The third kappa shape index (κ3) is 13.5. The molecule has 2 aliphatic heterocycles. The molecule has 2 heterocycles. The predicted molar refractivity (Wildman–Crippen MR) is 209 cm³/mol. The number of terminal acetylenes is 1. The van der Waals surface area contributed by atoms with Crippen molar-refractivity contribution in [2.45, 2.75) is 139 Å². The van der Waals surface area contributed by atoms with Crippen LogP contribution in [0.15, 0.2) is 59.5 Å². The van der Waals surface area contributed by atoms with E-state index >= 15 is 0 Å². The van der Waals surface area contributed by atoms with Gasteiger partial charge in [0.15, 0.2) is 27.0 Å². The van der Waals surface area contributed by atoms with Gasteiger partial charge in [-0.2, -0.15) is 8.42 Å². The van der Waals surface area contributed by atoms with Crippen LogP contribution in [0.25, 0.3) is 0 Å². The highest BCUT2D eigenvalue weighted by Gasteiger charge is 2.49. The van der Waals surface area contributed by atoms with Crippen molar-refractivity contribution < 1.29 is 41.1 Å². The van der Waals surface area contributed by atoms with Crippen LogP contribution < -0.4 is 4.74 Å². The minimum atomic E-state index is -4.03. The van der Waals surface area contributed by atoms with E-state index in [1.807, 2.05) is 30.3 Å². The van der Waals surface area contributed by atoms with Crippen molar-refractivity contribution in [2.24, 2.45) is 11.8 Å². The van der Waals surface area contributed by atoms with Gasteiger partial charge < -0.3 is 28.1 Å². The lowest BCUT2D eigenvalue weighted by Gasteiger charge is -2.40. The molecule has 1 N–H and O–H groups in total. The van der Waals surface area contributed by atoms with Crippen LogP contribution in [0.5, 0.6) is 5.75 Å². The summed E-state index contributed by atoms with van der Waals surface area (Å²) in [4.78, 5) is -0.0278. The van der Waals surface area contributed by atoms with E-state index in [0.29, 0.717) is 25.2 Å². The average Bonchev–Trinajstić information content (AvgIpc) is 3.43. The van der Waals surface area contributed by atoms with Gasteiger partial charge in [0, 0.05) is 32.0 Å². The van der Waals surface area contributed by atoms with Crippen LogP contribution in [0.3, 0.4) is 0 Å². The molecule has 3 aliphatic rings. The van der Waals surface area contributed by atoms with Gasteiger partial charge in [0.05, 0.1) is 23.0 Å². The van der Waals surface area contributed by atoms with Crippen LogP contribution >= 0.6 is 0 Å². The van der Waals surface area contributed by atoms with Crippen LogP contribution in [0.1, 0.15) is 84.1 Å². The van der Waals surface area contributed by atoms with Crippen LogP contribution in [0, 0.1) is 42.9 Å². The maximum absolute atomic E-state index is 10.6. The molecule has 0 bridgehead atoms.